The number of carbonyl (C=O) groups is 1. The van der Waals surface area contributed by atoms with Crippen LogP contribution < -0.4 is 0 Å². The Labute approximate surface area is 124 Å². The van der Waals surface area contributed by atoms with Crippen LogP contribution in [0.5, 0.6) is 0 Å². The monoisotopic (exact) mass is 306 g/mol. The summed E-state index contributed by atoms with van der Waals surface area (Å²) in [6.45, 7) is 1.66. The van der Waals surface area contributed by atoms with E-state index in [1.807, 2.05) is 42.5 Å². The second-order valence-electron chi connectivity index (χ2n) is 5.13. The zero-order chi connectivity index (χ0) is 15.5. The fraction of sp³-hybridized carbons (Fsp3) is 0.312. The third-order valence-corrected chi connectivity index (χ3v) is 4.23. The van der Waals surface area contributed by atoms with Crippen LogP contribution in [0, 0.1) is 0 Å². The lowest BCUT2D eigenvalue weighted by atomic mass is 9.98. The average molecular weight is 306 g/mol. The summed E-state index contributed by atoms with van der Waals surface area (Å²) in [6.07, 6.45) is 1.12. The van der Waals surface area contributed by atoms with Gasteiger partial charge < -0.3 is 4.74 Å². The number of esters is 1. The second-order valence-corrected chi connectivity index (χ2v) is 7.39. The number of ether oxygens (including phenoxy) is 1. The Balaban J connectivity index is 2.06. The highest BCUT2D eigenvalue weighted by Gasteiger charge is 2.17. The van der Waals surface area contributed by atoms with Gasteiger partial charge in [0.1, 0.15) is 6.61 Å². The third kappa shape index (κ3) is 4.29. The van der Waals surface area contributed by atoms with Crippen LogP contribution in [0.25, 0.3) is 10.8 Å². The van der Waals surface area contributed by atoms with E-state index in [-0.39, 0.29) is 12.4 Å². The number of benzene rings is 2. The lowest BCUT2D eigenvalue weighted by Crippen LogP contribution is -2.18. The maximum absolute atomic E-state index is 11.9. The molecule has 112 valence electrons. The molecule has 1 atom stereocenters. The Morgan fingerprint density at radius 1 is 1.14 bits per heavy atom. The number of hydrogen-bond acceptors (Lipinski definition) is 4. The van der Waals surface area contributed by atoms with Crippen molar-refractivity contribution in [1.82, 2.24) is 0 Å². The maximum atomic E-state index is 11.9. The number of carbonyl (C=O) groups excluding carboxylic acids is 1. The first kappa shape index (κ1) is 15.5. The lowest BCUT2D eigenvalue weighted by Gasteiger charge is -2.12. The molecule has 0 spiro atoms. The highest BCUT2D eigenvalue weighted by molar-refractivity contribution is 7.90. The molecule has 0 saturated heterocycles. The molecule has 0 aromatic heterocycles. The van der Waals surface area contributed by atoms with Gasteiger partial charge in [0.15, 0.2) is 9.84 Å². The van der Waals surface area contributed by atoms with E-state index in [0.717, 1.165) is 22.6 Å². The molecule has 0 aliphatic rings. The number of fused-ring (bicyclic) bond motifs is 1. The van der Waals surface area contributed by atoms with Crippen LogP contribution in [-0.4, -0.2) is 33.0 Å². The molecule has 2 aromatic rings. The minimum Gasteiger partial charge on any atom is -0.464 e. The molecule has 0 aliphatic heterocycles. The summed E-state index contributed by atoms with van der Waals surface area (Å²) in [5, 5.41) is 2.17. The molecule has 0 heterocycles. The van der Waals surface area contributed by atoms with E-state index in [0.29, 0.717) is 0 Å². The van der Waals surface area contributed by atoms with E-state index in [1.54, 1.807) is 6.92 Å². The fourth-order valence-electron chi connectivity index (χ4n) is 2.03. The zero-order valence-corrected chi connectivity index (χ0v) is 12.9. The smallest absolute Gasteiger partial charge is 0.313 e. The molecule has 0 bridgehead atoms. The SMILES string of the molecule is C[C@@H](C(=O)OCCS(C)(=O)=O)c1ccc2ccccc2c1. The van der Waals surface area contributed by atoms with Crippen molar-refractivity contribution in [2.75, 3.05) is 18.6 Å². The predicted octanol–water partition coefficient (Wildman–Crippen LogP) is 2.53. The number of rotatable bonds is 5. The summed E-state index contributed by atoms with van der Waals surface area (Å²) in [6, 6.07) is 13.7. The van der Waals surface area contributed by atoms with E-state index >= 15 is 0 Å². The molecule has 21 heavy (non-hydrogen) atoms. The fourth-order valence-corrected chi connectivity index (χ4v) is 2.42. The Hall–Kier alpha value is -1.88. The summed E-state index contributed by atoms with van der Waals surface area (Å²) in [5.74, 6) is -0.980. The molecule has 0 aliphatic carbocycles. The second kappa shape index (κ2) is 6.26. The molecule has 2 aromatic carbocycles. The van der Waals surface area contributed by atoms with Crippen LogP contribution in [-0.2, 0) is 19.4 Å². The van der Waals surface area contributed by atoms with E-state index in [9.17, 15) is 13.2 Å². The van der Waals surface area contributed by atoms with Gasteiger partial charge in [-0.1, -0.05) is 42.5 Å². The molecule has 0 unspecified atom stereocenters. The highest BCUT2D eigenvalue weighted by atomic mass is 32.2. The van der Waals surface area contributed by atoms with E-state index < -0.39 is 21.7 Å². The van der Waals surface area contributed by atoms with Crippen LogP contribution in [0.15, 0.2) is 42.5 Å². The molecule has 2 rings (SSSR count). The quantitative estimate of drug-likeness (QED) is 0.796. The van der Waals surface area contributed by atoms with Crippen LogP contribution in [0.1, 0.15) is 18.4 Å². The van der Waals surface area contributed by atoms with Gasteiger partial charge in [0.05, 0.1) is 11.7 Å². The van der Waals surface area contributed by atoms with Crippen molar-refractivity contribution in [3.63, 3.8) is 0 Å². The van der Waals surface area contributed by atoms with Gasteiger partial charge in [-0.2, -0.15) is 0 Å². The van der Waals surface area contributed by atoms with Crippen molar-refractivity contribution in [2.24, 2.45) is 0 Å². The van der Waals surface area contributed by atoms with Crippen molar-refractivity contribution in [2.45, 2.75) is 12.8 Å². The molecule has 0 fully saturated rings. The van der Waals surface area contributed by atoms with Crippen LogP contribution in [0.2, 0.25) is 0 Å². The van der Waals surface area contributed by atoms with Gasteiger partial charge in [-0.15, -0.1) is 0 Å². The topological polar surface area (TPSA) is 60.4 Å². The minimum absolute atomic E-state index is 0.102. The van der Waals surface area contributed by atoms with Gasteiger partial charge in [0, 0.05) is 6.26 Å². The van der Waals surface area contributed by atoms with Gasteiger partial charge >= 0.3 is 5.97 Å². The summed E-state index contributed by atoms with van der Waals surface area (Å²) < 4.78 is 27.0. The average Bonchev–Trinajstić information content (AvgIpc) is 2.44. The van der Waals surface area contributed by atoms with Gasteiger partial charge in [-0.25, -0.2) is 8.42 Å². The first-order valence-corrected chi connectivity index (χ1v) is 8.76. The minimum atomic E-state index is -3.12. The van der Waals surface area contributed by atoms with E-state index in [4.69, 9.17) is 4.74 Å². The first-order chi connectivity index (χ1) is 9.87. The van der Waals surface area contributed by atoms with E-state index in [2.05, 4.69) is 0 Å². The van der Waals surface area contributed by atoms with Crippen LogP contribution >= 0.6 is 0 Å². The molecular formula is C16H18O4S. The highest BCUT2D eigenvalue weighted by Crippen LogP contribution is 2.22. The lowest BCUT2D eigenvalue weighted by molar-refractivity contribution is -0.144. The maximum Gasteiger partial charge on any atom is 0.313 e. The zero-order valence-electron chi connectivity index (χ0n) is 12.1. The molecule has 0 N–H and O–H groups in total. The first-order valence-electron chi connectivity index (χ1n) is 6.70. The summed E-state index contributed by atoms with van der Waals surface area (Å²) in [5.41, 5.74) is 0.859. The van der Waals surface area contributed by atoms with Crippen molar-refractivity contribution >= 4 is 26.6 Å². The number of sulfone groups is 1. The normalized spacial score (nSPS) is 13.0. The molecule has 4 nitrogen and oxygen atoms in total. The van der Waals surface area contributed by atoms with Gasteiger partial charge in [0.25, 0.3) is 0 Å². The van der Waals surface area contributed by atoms with Gasteiger partial charge in [-0.05, 0) is 23.3 Å². The third-order valence-electron chi connectivity index (χ3n) is 3.33. The van der Waals surface area contributed by atoms with Crippen molar-refractivity contribution < 1.29 is 17.9 Å². The number of hydrogen-bond donors (Lipinski definition) is 0. The standard InChI is InChI=1S/C16H18O4S/c1-12(16(17)20-9-10-21(2,18)19)14-8-7-13-5-3-4-6-15(13)11-14/h3-8,11-12H,9-10H2,1-2H3/t12-/m1/s1. The Kier molecular flexibility index (Phi) is 4.63. The largest absolute Gasteiger partial charge is 0.464 e. The summed E-state index contributed by atoms with van der Waals surface area (Å²) in [7, 11) is -3.12. The molecule has 5 heteroatoms. The van der Waals surface area contributed by atoms with Crippen molar-refractivity contribution in [3.8, 4) is 0 Å². The van der Waals surface area contributed by atoms with Crippen molar-refractivity contribution in [3.05, 3.63) is 48.0 Å². The van der Waals surface area contributed by atoms with Crippen LogP contribution in [0.4, 0.5) is 0 Å². The summed E-state index contributed by atoms with van der Waals surface area (Å²) >= 11 is 0. The molecule has 0 radical (unpaired) electrons. The van der Waals surface area contributed by atoms with Crippen LogP contribution in [0.3, 0.4) is 0 Å². The summed E-state index contributed by atoms with van der Waals surface area (Å²) in [4.78, 5) is 11.9. The van der Waals surface area contributed by atoms with Crippen molar-refractivity contribution in [1.29, 1.82) is 0 Å². The predicted molar refractivity (Wildman–Crippen MR) is 83.0 cm³/mol. The molecule has 0 amide bonds. The molecular weight excluding hydrogens is 288 g/mol. The van der Waals surface area contributed by atoms with E-state index in [1.165, 1.54) is 0 Å². The van der Waals surface area contributed by atoms with Gasteiger partial charge in [0.2, 0.25) is 0 Å². The molecule has 0 saturated carbocycles. The van der Waals surface area contributed by atoms with Gasteiger partial charge in [-0.3, -0.25) is 4.79 Å². The Bertz CT molecular complexity index is 750. The Morgan fingerprint density at radius 3 is 2.48 bits per heavy atom. The Morgan fingerprint density at radius 2 is 1.81 bits per heavy atom.